The van der Waals surface area contributed by atoms with E-state index in [2.05, 4.69) is 46.4 Å². The van der Waals surface area contributed by atoms with Crippen LogP contribution in [0.4, 0.5) is 0 Å². The predicted molar refractivity (Wildman–Crippen MR) is 76.9 cm³/mol. The largest absolute Gasteiger partial charge is 0.369 e. The number of nitrogens with one attached hydrogen (secondary N) is 1. The van der Waals surface area contributed by atoms with E-state index in [4.69, 9.17) is 4.74 Å². The Morgan fingerprint density at radius 2 is 2.33 bits per heavy atom. The molecule has 1 heterocycles. The molecule has 18 heavy (non-hydrogen) atoms. The van der Waals surface area contributed by atoms with Crippen molar-refractivity contribution in [2.75, 3.05) is 13.1 Å². The maximum Gasteiger partial charge on any atom is 0.0854 e. The van der Waals surface area contributed by atoms with Gasteiger partial charge in [0.25, 0.3) is 0 Å². The summed E-state index contributed by atoms with van der Waals surface area (Å²) >= 11 is 3.56. The minimum Gasteiger partial charge on any atom is -0.369 e. The van der Waals surface area contributed by atoms with Gasteiger partial charge in [-0.1, -0.05) is 28.9 Å². The van der Waals surface area contributed by atoms with Gasteiger partial charge in [-0.15, -0.1) is 0 Å². The van der Waals surface area contributed by atoms with Crippen LogP contribution in [0.2, 0.25) is 0 Å². The molecule has 98 valence electrons. The number of hydrogen-bond donors (Lipinski definition) is 1. The van der Waals surface area contributed by atoms with Crippen molar-refractivity contribution in [3.63, 3.8) is 0 Å². The maximum atomic E-state index is 6.38. The van der Waals surface area contributed by atoms with Crippen molar-refractivity contribution in [3.05, 3.63) is 33.8 Å². The molecule has 0 saturated carbocycles. The molecule has 1 aromatic rings. The fourth-order valence-corrected chi connectivity index (χ4v) is 3.58. The van der Waals surface area contributed by atoms with Gasteiger partial charge in [-0.05, 0) is 42.5 Å². The first-order chi connectivity index (χ1) is 8.71. The first-order valence-corrected chi connectivity index (χ1v) is 7.66. The summed E-state index contributed by atoms with van der Waals surface area (Å²) in [6.07, 6.45) is 4.81. The van der Waals surface area contributed by atoms with Crippen molar-refractivity contribution < 1.29 is 4.74 Å². The number of halogens is 1. The topological polar surface area (TPSA) is 21.3 Å². The van der Waals surface area contributed by atoms with E-state index in [1.807, 2.05) is 0 Å². The van der Waals surface area contributed by atoms with Crippen molar-refractivity contribution in [2.24, 2.45) is 0 Å². The summed E-state index contributed by atoms with van der Waals surface area (Å²) in [6, 6.07) is 6.65. The van der Waals surface area contributed by atoms with Crippen LogP contribution in [0.5, 0.6) is 0 Å². The number of hydrogen-bond acceptors (Lipinski definition) is 2. The molecule has 2 nitrogen and oxygen atoms in total. The lowest BCUT2D eigenvalue weighted by atomic mass is 9.79. The van der Waals surface area contributed by atoms with Crippen molar-refractivity contribution in [2.45, 2.75) is 44.3 Å². The van der Waals surface area contributed by atoms with E-state index < -0.39 is 0 Å². The summed E-state index contributed by atoms with van der Waals surface area (Å²) < 4.78 is 7.56. The van der Waals surface area contributed by atoms with Gasteiger partial charge in [0.1, 0.15) is 0 Å². The quantitative estimate of drug-likeness (QED) is 0.861. The van der Waals surface area contributed by atoms with Gasteiger partial charge in [0, 0.05) is 24.0 Å². The van der Waals surface area contributed by atoms with Crippen LogP contribution < -0.4 is 5.32 Å². The second-order valence-corrected chi connectivity index (χ2v) is 6.47. The fraction of sp³-hybridized carbons (Fsp3) is 0.600. The molecule has 0 radical (unpaired) electrons. The highest BCUT2D eigenvalue weighted by Gasteiger charge is 2.39. The standard InChI is InChI=1S/C15H20BrNO/c1-2-14-9-17-10-15(18-14)6-5-11-7-13(16)4-3-12(11)8-15/h3-4,7,14,17H,2,5-6,8-10H2,1H3. The Morgan fingerprint density at radius 1 is 1.44 bits per heavy atom. The summed E-state index contributed by atoms with van der Waals surface area (Å²) in [5, 5.41) is 3.55. The molecule has 1 N–H and O–H groups in total. The van der Waals surface area contributed by atoms with Crippen molar-refractivity contribution in [3.8, 4) is 0 Å². The molecule has 2 aliphatic rings. The van der Waals surface area contributed by atoms with Crippen molar-refractivity contribution in [1.29, 1.82) is 0 Å². The summed E-state index contributed by atoms with van der Waals surface area (Å²) in [4.78, 5) is 0. The number of ether oxygens (including phenoxy) is 1. The molecule has 0 amide bonds. The second-order valence-electron chi connectivity index (χ2n) is 5.55. The van der Waals surface area contributed by atoms with Crippen LogP contribution in [0.1, 0.15) is 30.9 Å². The Labute approximate surface area is 117 Å². The van der Waals surface area contributed by atoms with Gasteiger partial charge < -0.3 is 10.1 Å². The molecule has 1 saturated heterocycles. The van der Waals surface area contributed by atoms with Gasteiger partial charge in [0.05, 0.1) is 11.7 Å². The van der Waals surface area contributed by atoms with Crippen LogP contribution in [0, 0.1) is 0 Å². The molecule has 1 aromatic carbocycles. The summed E-state index contributed by atoms with van der Waals surface area (Å²) in [7, 11) is 0. The molecule has 1 spiro atoms. The molecule has 1 aliphatic carbocycles. The lowest BCUT2D eigenvalue weighted by Gasteiger charge is -2.44. The minimum atomic E-state index is 0.0414. The molecule has 1 fully saturated rings. The van der Waals surface area contributed by atoms with Gasteiger partial charge in [-0.3, -0.25) is 0 Å². The minimum absolute atomic E-state index is 0.0414. The third-order valence-electron chi connectivity index (χ3n) is 4.22. The lowest BCUT2D eigenvalue weighted by Crippen LogP contribution is -2.56. The summed E-state index contributed by atoms with van der Waals surface area (Å²) in [5.41, 5.74) is 2.99. The predicted octanol–water partition coefficient (Wildman–Crippen LogP) is 3.08. The second kappa shape index (κ2) is 4.95. The van der Waals surface area contributed by atoms with E-state index in [9.17, 15) is 0 Å². The van der Waals surface area contributed by atoms with E-state index in [1.165, 1.54) is 15.6 Å². The molecule has 2 atom stereocenters. The number of rotatable bonds is 1. The molecule has 2 unspecified atom stereocenters. The van der Waals surface area contributed by atoms with E-state index in [1.54, 1.807) is 0 Å². The number of benzene rings is 1. The van der Waals surface area contributed by atoms with E-state index in [0.717, 1.165) is 38.8 Å². The highest BCUT2D eigenvalue weighted by molar-refractivity contribution is 9.10. The van der Waals surface area contributed by atoms with Crippen LogP contribution in [0.3, 0.4) is 0 Å². The number of morpholine rings is 1. The Morgan fingerprint density at radius 3 is 3.17 bits per heavy atom. The molecule has 3 rings (SSSR count). The zero-order valence-electron chi connectivity index (χ0n) is 10.8. The number of fused-ring (bicyclic) bond motifs is 1. The average molecular weight is 310 g/mol. The molecule has 0 bridgehead atoms. The average Bonchev–Trinajstić information content (AvgIpc) is 2.39. The van der Waals surface area contributed by atoms with Gasteiger partial charge in [0.2, 0.25) is 0 Å². The SMILES string of the molecule is CCC1CNCC2(CCc3cc(Br)ccc3C2)O1. The zero-order valence-corrected chi connectivity index (χ0v) is 12.4. The van der Waals surface area contributed by atoms with E-state index >= 15 is 0 Å². The Kier molecular flexibility index (Phi) is 3.48. The van der Waals surface area contributed by atoms with Crippen LogP contribution in [0.25, 0.3) is 0 Å². The third-order valence-corrected chi connectivity index (χ3v) is 4.72. The van der Waals surface area contributed by atoms with Crippen LogP contribution in [-0.4, -0.2) is 24.8 Å². The molecule has 1 aliphatic heterocycles. The normalized spacial score (nSPS) is 31.3. The summed E-state index contributed by atoms with van der Waals surface area (Å²) in [6.45, 7) is 4.21. The van der Waals surface area contributed by atoms with Crippen molar-refractivity contribution >= 4 is 15.9 Å². The first kappa shape index (κ1) is 12.6. The zero-order chi connectivity index (χ0) is 12.6. The Bertz CT molecular complexity index is 448. The van der Waals surface area contributed by atoms with E-state index in [0.29, 0.717) is 6.10 Å². The molecule has 0 aromatic heterocycles. The highest BCUT2D eigenvalue weighted by atomic mass is 79.9. The van der Waals surface area contributed by atoms with Crippen LogP contribution in [0.15, 0.2) is 22.7 Å². The molecule has 3 heteroatoms. The summed E-state index contributed by atoms with van der Waals surface area (Å²) in [5.74, 6) is 0. The molecular formula is C15H20BrNO. The van der Waals surface area contributed by atoms with Gasteiger partial charge in [-0.25, -0.2) is 0 Å². The number of aryl methyl sites for hydroxylation is 1. The van der Waals surface area contributed by atoms with Crippen LogP contribution >= 0.6 is 15.9 Å². The fourth-order valence-electron chi connectivity index (χ4n) is 3.17. The first-order valence-electron chi connectivity index (χ1n) is 6.87. The Balaban J connectivity index is 1.83. The highest BCUT2D eigenvalue weighted by Crippen LogP contribution is 2.35. The maximum absolute atomic E-state index is 6.38. The van der Waals surface area contributed by atoms with Gasteiger partial charge in [-0.2, -0.15) is 0 Å². The monoisotopic (exact) mass is 309 g/mol. The van der Waals surface area contributed by atoms with Gasteiger partial charge in [0.15, 0.2) is 0 Å². The lowest BCUT2D eigenvalue weighted by molar-refractivity contribution is -0.123. The van der Waals surface area contributed by atoms with Gasteiger partial charge >= 0.3 is 0 Å². The smallest absolute Gasteiger partial charge is 0.0854 e. The van der Waals surface area contributed by atoms with Crippen molar-refractivity contribution in [1.82, 2.24) is 5.32 Å². The van der Waals surface area contributed by atoms with E-state index in [-0.39, 0.29) is 5.60 Å². The van der Waals surface area contributed by atoms with Crippen LogP contribution in [-0.2, 0) is 17.6 Å². The molecular weight excluding hydrogens is 290 g/mol. The third kappa shape index (κ3) is 2.36. The Hall–Kier alpha value is -0.380.